The lowest BCUT2D eigenvalue weighted by Crippen LogP contribution is -2.52. The van der Waals surface area contributed by atoms with E-state index < -0.39 is 5.54 Å². The molecular formula is C14H21NO3. The van der Waals surface area contributed by atoms with Crippen molar-refractivity contribution in [3.8, 4) is 5.75 Å². The zero-order valence-electron chi connectivity index (χ0n) is 10.9. The zero-order chi connectivity index (χ0) is 13.2. The molecule has 4 heteroatoms. The van der Waals surface area contributed by atoms with Crippen molar-refractivity contribution >= 4 is 0 Å². The largest absolute Gasteiger partial charge is 0.493 e. The highest BCUT2D eigenvalue weighted by Crippen LogP contribution is 2.36. The van der Waals surface area contributed by atoms with Crippen molar-refractivity contribution in [2.24, 2.45) is 5.92 Å². The Balaban J connectivity index is 2.27. The van der Waals surface area contributed by atoms with Crippen LogP contribution in [0.2, 0.25) is 0 Å². The van der Waals surface area contributed by atoms with E-state index in [2.05, 4.69) is 12.2 Å². The van der Waals surface area contributed by atoms with Crippen LogP contribution in [0.5, 0.6) is 5.75 Å². The van der Waals surface area contributed by atoms with Gasteiger partial charge in [0.2, 0.25) is 0 Å². The average molecular weight is 251 g/mol. The Hall–Kier alpha value is -1.10. The molecule has 0 aromatic heterocycles. The van der Waals surface area contributed by atoms with Crippen molar-refractivity contribution in [3.05, 3.63) is 29.8 Å². The molecule has 0 amide bonds. The molecule has 2 unspecified atom stereocenters. The minimum atomic E-state index is -0.677. The van der Waals surface area contributed by atoms with E-state index in [1.54, 1.807) is 0 Å². The lowest BCUT2D eigenvalue weighted by Gasteiger charge is -2.38. The molecule has 0 fully saturated rings. The Labute approximate surface area is 108 Å². The maximum atomic E-state index is 9.40. The smallest absolute Gasteiger partial charge is 0.124 e. The fourth-order valence-corrected chi connectivity index (χ4v) is 2.23. The predicted octanol–water partition coefficient (Wildman–Crippen LogP) is 1.09. The second-order valence-electron chi connectivity index (χ2n) is 5.33. The maximum Gasteiger partial charge on any atom is 0.124 e. The van der Waals surface area contributed by atoms with Gasteiger partial charge in [-0.3, -0.25) is 0 Å². The third kappa shape index (κ3) is 2.51. The molecule has 18 heavy (non-hydrogen) atoms. The van der Waals surface area contributed by atoms with Crippen LogP contribution in [0.15, 0.2) is 24.3 Å². The van der Waals surface area contributed by atoms with Gasteiger partial charge in [0.05, 0.1) is 25.4 Å². The summed E-state index contributed by atoms with van der Waals surface area (Å²) in [5.74, 6) is 1.17. The van der Waals surface area contributed by atoms with Gasteiger partial charge in [-0.25, -0.2) is 0 Å². The van der Waals surface area contributed by atoms with Crippen LogP contribution in [0.3, 0.4) is 0 Å². The van der Waals surface area contributed by atoms with Crippen molar-refractivity contribution in [2.45, 2.75) is 25.4 Å². The zero-order valence-corrected chi connectivity index (χ0v) is 10.9. The van der Waals surface area contributed by atoms with Crippen LogP contribution in [0.25, 0.3) is 0 Å². The third-order valence-corrected chi connectivity index (χ3v) is 3.53. The van der Waals surface area contributed by atoms with Crippen LogP contribution in [0.4, 0.5) is 0 Å². The first-order chi connectivity index (χ1) is 8.59. The SMILES string of the molecule is CC1COc2ccccc2C1NC(C)(CO)CO. The minimum absolute atomic E-state index is 0.0826. The van der Waals surface area contributed by atoms with E-state index in [-0.39, 0.29) is 25.2 Å². The molecule has 1 heterocycles. The summed E-state index contributed by atoms with van der Waals surface area (Å²) in [6.45, 7) is 4.35. The number of rotatable bonds is 4. The highest BCUT2D eigenvalue weighted by atomic mass is 16.5. The molecule has 100 valence electrons. The molecule has 0 bridgehead atoms. The Morgan fingerprint density at radius 3 is 2.67 bits per heavy atom. The number of aliphatic hydroxyl groups is 2. The first-order valence-electron chi connectivity index (χ1n) is 6.31. The van der Waals surface area contributed by atoms with Crippen molar-refractivity contribution in [1.82, 2.24) is 5.32 Å². The molecule has 1 aromatic rings. The summed E-state index contributed by atoms with van der Waals surface area (Å²) in [5.41, 5.74) is 0.410. The van der Waals surface area contributed by atoms with Crippen LogP contribution in [0.1, 0.15) is 25.5 Å². The van der Waals surface area contributed by atoms with E-state index in [0.717, 1.165) is 11.3 Å². The summed E-state index contributed by atoms with van der Waals surface area (Å²) in [6.07, 6.45) is 0. The number of ether oxygens (including phenoxy) is 1. The highest BCUT2D eigenvalue weighted by molar-refractivity contribution is 5.38. The van der Waals surface area contributed by atoms with E-state index in [4.69, 9.17) is 4.74 Å². The summed E-state index contributed by atoms with van der Waals surface area (Å²) in [5, 5.41) is 22.2. The number of fused-ring (bicyclic) bond motifs is 1. The topological polar surface area (TPSA) is 61.7 Å². The Kier molecular flexibility index (Phi) is 3.90. The number of para-hydroxylation sites is 1. The molecule has 0 saturated heterocycles. The summed E-state index contributed by atoms with van der Waals surface area (Å²) < 4.78 is 5.68. The molecule has 2 atom stereocenters. The van der Waals surface area contributed by atoms with Crippen LogP contribution < -0.4 is 10.1 Å². The van der Waals surface area contributed by atoms with Crippen LogP contribution in [-0.4, -0.2) is 35.6 Å². The number of benzene rings is 1. The van der Waals surface area contributed by atoms with Gasteiger partial charge in [0.15, 0.2) is 0 Å². The Morgan fingerprint density at radius 1 is 1.33 bits per heavy atom. The number of aliphatic hydroxyl groups excluding tert-OH is 2. The lowest BCUT2D eigenvalue weighted by atomic mass is 9.89. The normalized spacial score (nSPS) is 23.3. The highest BCUT2D eigenvalue weighted by Gasteiger charge is 2.33. The van der Waals surface area contributed by atoms with E-state index in [9.17, 15) is 10.2 Å². The maximum absolute atomic E-state index is 9.40. The summed E-state index contributed by atoms with van der Waals surface area (Å²) in [6, 6.07) is 7.98. The summed E-state index contributed by atoms with van der Waals surface area (Å²) >= 11 is 0. The molecule has 2 rings (SSSR count). The molecule has 1 aliphatic rings. The molecule has 0 aliphatic carbocycles. The van der Waals surface area contributed by atoms with Gasteiger partial charge in [0, 0.05) is 17.5 Å². The first kappa shape index (κ1) is 13.3. The predicted molar refractivity (Wildman–Crippen MR) is 69.6 cm³/mol. The van der Waals surface area contributed by atoms with Crippen molar-refractivity contribution < 1.29 is 14.9 Å². The van der Waals surface area contributed by atoms with Gasteiger partial charge in [-0.2, -0.15) is 0 Å². The van der Waals surface area contributed by atoms with E-state index in [1.165, 1.54) is 0 Å². The molecule has 1 aliphatic heterocycles. The first-order valence-corrected chi connectivity index (χ1v) is 6.31. The average Bonchev–Trinajstić information content (AvgIpc) is 2.42. The second kappa shape index (κ2) is 5.26. The minimum Gasteiger partial charge on any atom is -0.493 e. The van der Waals surface area contributed by atoms with Gasteiger partial charge in [-0.1, -0.05) is 25.1 Å². The fourth-order valence-electron chi connectivity index (χ4n) is 2.23. The Morgan fingerprint density at radius 2 is 2.00 bits per heavy atom. The van der Waals surface area contributed by atoms with Crippen molar-refractivity contribution in [1.29, 1.82) is 0 Å². The fraction of sp³-hybridized carbons (Fsp3) is 0.571. The number of nitrogens with one attached hydrogen (secondary N) is 1. The molecule has 0 radical (unpaired) electrons. The lowest BCUT2D eigenvalue weighted by molar-refractivity contribution is 0.0737. The van der Waals surface area contributed by atoms with Gasteiger partial charge in [-0.15, -0.1) is 0 Å². The number of hydrogen-bond acceptors (Lipinski definition) is 4. The standard InChI is InChI=1S/C14H21NO3/c1-10-7-18-12-6-4-3-5-11(12)13(10)15-14(2,8-16)9-17/h3-6,10,13,15-17H,7-9H2,1-2H3. The van der Waals surface area contributed by atoms with Gasteiger partial charge >= 0.3 is 0 Å². The van der Waals surface area contributed by atoms with Gasteiger partial charge in [0.25, 0.3) is 0 Å². The molecule has 3 N–H and O–H groups in total. The molecule has 4 nitrogen and oxygen atoms in total. The summed E-state index contributed by atoms with van der Waals surface area (Å²) in [7, 11) is 0. The quantitative estimate of drug-likeness (QED) is 0.749. The van der Waals surface area contributed by atoms with Crippen molar-refractivity contribution in [3.63, 3.8) is 0 Å². The van der Waals surface area contributed by atoms with E-state index in [0.29, 0.717) is 6.61 Å². The second-order valence-corrected chi connectivity index (χ2v) is 5.33. The van der Waals surface area contributed by atoms with E-state index >= 15 is 0 Å². The molecule has 0 spiro atoms. The molecule has 1 aromatic carbocycles. The van der Waals surface area contributed by atoms with Gasteiger partial charge in [0.1, 0.15) is 5.75 Å². The summed E-state index contributed by atoms with van der Waals surface area (Å²) in [4.78, 5) is 0. The van der Waals surface area contributed by atoms with Crippen molar-refractivity contribution in [2.75, 3.05) is 19.8 Å². The molecular weight excluding hydrogens is 230 g/mol. The van der Waals surface area contributed by atoms with Crippen LogP contribution >= 0.6 is 0 Å². The van der Waals surface area contributed by atoms with Gasteiger partial charge < -0.3 is 20.3 Å². The third-order valence-electron chi connectivity index (χ3n) is 3.53. The molecule has 0 saturated carbocycles. The van der Waals surface area contributed by atoms with Crippen LogP contribution in [-0.2, 0) is 0 Å². The van der Waals surface area contributed by atoms with E-state index in [1.807, 2.05) is 31.2 Å². The Bertz CT molecular complexity index is 404. The van der Waals surface area contributed by atoms with Crippen LogP contribution in [0, 0.1) is 5.92 Å². The monoisotopic (exact) mass is 251 g/mol. The number of hydrogen-bond donors (Lipinski definition) is 3. The van der Waals surface area contributed by atoms with Gasteiger partial charge in [-0.05, 0) is 13.0 Å².